The van der Waals surface area contributed by atoms with E-state index in [-0.39, 0.29) is 42.4 Å². The number of ketones is 1. The van der Waals surface area contributed by atoms with E-state index < -0.39 is 59.8 Å². The fourth-order valence-corrected chi connectivity index (χ4v) is 9.36. The largest absolute Gasteiger partial charge is 0.460 e. The second-order valence-corrected chi connectivity index (χ2v) is 18.3. The van der Waals surface area contributed by atoms with E-state index in [4.69, 9.17) is 18.9 Å². The van der Waals surface area contributed by atoms with E-state index in [0.717, 1.165) is 36.0 Å². The van der Waals surface area contributed by atoms with E-state index in [1.807, 2.05) is 51.2 Å². The number of hydrogen-bond acceptors (Lipinski definition) is 10. The third-order valence-corrected chi connectivity index (χ3v) is 13.6. The highest BCUT2D eigenvalue weighted by atomic mass is 16.6. The maximum absolute atomic E-state index is 14.3. The van der Waals surface area contributed by atoms with Gasteiger partial charge in [0.15, 0.2) is 0 Å². The first-order chi connectivity index (χ1) is 28.0. The highest BCUT2D eigenvalue weighted by Gasteiger charge is 2.53. The van der Waals surface area contributed by atoms with Crippen molar-refractivity contribution in [1.82, 2.24) is 4.90 Å². The van der Waals surface area contributed by atoms with Crippen LogP contribution in [0.25, 0.3) is 0 Å². The smallest absolute Gasteiger partial charge is 0.329 e. The molecular formula is C48H75NO10. The number of esters is 1. The molecule has 1 amide bonds. The SMILES string of the molecule is C=C1C[C@H](O)/C(C)=C/CC([C@H](C)C[C@@H]2CC[C@@H](O)[C@H](OC)C2)OC(=O)[C@@H]2CCCCN2C(=O)C(=O)[C@]2(O)O[C@@H](CC[C@H]2C)C[C@H](OC)/C(C)=C/C=C/C=C/[C@@H](C)C[C@H]1C. The van der Waals surface area contributed by atoms with Gasteiger partial charge in [0.2, 0.25) is 5.79 Å². The van der Waals surface area contributed by atoms with Gasteiger partial charge in [0, 0.05) is 39.5 Å². The standard InChI is InChI=1S/C48H75NO10/c1-30-15-11-10-12-16-32(3)43(56-8)29-38-21-19-36(7)48(55,59-38)45(52)46(53)49-24-14-13-17-39(49)47(54)58-42(23-18-31(2)41(51)27-34(5)33(4)25-30)35(6)26-37-20-22-40(50)44(28-37)57-9/h10-12,15-16,18,30,33,35-44,50-51,55H,5,13-14,17,19-29H2,1-4,6-9H3/b12-10+,15-11+,31-18+,32-16+/t30-,33-,35-,36-,37+,38+,39+,40-,41+,42?,43+,44-,48-/m1/s1. The monoisotopic (exact) mass is 826 g/mol. The average molecular weight is 826 g/mol. The zero-order valence-electron chi connectivity index (χ0n) is 37.1. The fourth-order valence-electron chi connectivity index (χ4n) is 9.36. The molecule has 1 aliphatic carbocycles. The number of rotatable bonds is 5. The fraction of sp³-hybridized carbons (Fsp3) is 0.729. The molecule has 3 N–H and O–H groups in total. The third-order valence-electron chi connectivity index (χ3n) is 13.6. The third kappa shape index (κ3) is 13.3. The molecule has 13 atom stereocenters. The maximum Gasteiger partial charge on any atom is 0.329 e. The van der Waals surface area contributed by atoms with Crippen LogP contribution in [0.5, 0.6) is 0 Å². The molecule has 0 aromatic carbocycles. The summed E-state index contributed by atoms with van der Waals surface area (Å²) in [5.41, 5.74) is 2.67. The first kappa shape index (κ1) is 48.7. The van der Waals surface area contributed by atoms with Gasteiger partial charge in [0.1, 0.15) is 12.1 Å². The second kappa shape index (κ2) is 22.8. The molecule has 2 saturated heterocycles. The summed E-state index contributed by atoms with van der Waals surface area (Å²) in [5.74, 6) is -5.01. The van der Waals surface area contributed by atoms with Crippen molar-refractivity contribution in [2.75, 3.05) is 20.8 Å². The van der Waals surface area contributed by atoms with Gasteiger partial charge in [0.25, 0.3) is 11.7 Å². The van der Waals surface area contributed by atoms with Crippen molar-refractivity contribution >= 4 is 17.7 Å². The van der Waals surface area contributed by atoms with Crippen molar-refractivity contribution in [2.24, 2.45) is 29.6 Å². The summed E-state index contributed by atoms with van der Waals surface area (Å²) in [6, 6.07) is -1.00. The summed E-state index contributed by atoms with van der Waals surface area (Å²) in [6.07, 6.45) is 16.6. The van der Waals surface area contributed by atoms with Crippen LogP contribution in [0.1, 0.15) is 125 Å². The molecule has 3 fully saturated rings. The molecule has 0 aromatic heterocycles. The molecule has 4 aliphatic rings. The molecule has 4 rings (SSSR count). The number of carbonyl (C=O) groups is 3. The Balaban J connectivity index is 1.65. The first-order valence-electron chi connectivity index (χ1n) is 22.2. The van der Waals surface area contributed by atoms with Gasteiger partial charge in [-0.05, 0) is 119 Å². The minimum absolute atomic E-state index is 0.105. The highest BCUT2D eigenvalue weighted by Crippen LogP contribution is 2.37. The van der Waals surface area contributed by atoms with E-state index in [1.165, 1.54) is 4.90 Å². The van der Waals surface area contributed by atoms with E-state index in [9.17, 15) is 29.7 Å². The number of aliphatic hydroxyl groups is 3. The predicted molar refractivity (Wildman–Crippen MR) is 229 cm³/mol. The number of Topliss-reactive ketones (excluding diaryl/α,β-unsaturated/α-hetero) is 1. The van der Waals surface area contributed by atoms with Gasteiger partial charge in [-0.15, -0.1) is 0 Å². The van der Waals surface area contributed by atoms with Crippen LogP contribution in [0.2, 0.25) is 0 Å². The maximum atomic E-state index is 14.3. The van der Waals surface area contributed by atoms with Crippen LogP contribution < -0.4 is 0 Å². The Labute approximate surface area is 354 Å². The normalized spacial score (nSPS) is 40.3. The summed E-state index contributed by atoms with van der Waals surface area (Å²) in [4.78, 5) is 43.8. The number of carbonyl (C=O) groups excluding carboxylic acids is 3. The number of methoxy groups -OCH3 is 2. The van der Waals surface area contributed by atoms with E-state index in [1.54, 1.807) is 21.1 Å². The van der Waals surface area contributed by atoms with Gasteiger partial charge in [-0.2, -0.15) is 0 Å². The Morgan fingerprint density at radius 2 is 1.68 bits per heavy atom. The molecule has 59 heavy (non-hydrogen) atoms. The molecule has 0 spiro atoms. The molecule has 3 aliphatic heterocycles. The number of amides is 1. The van der Waals surface area contributed by atoms with Crippen molar-refractivity contribution in [3.63, 3.8) is 0 Å². The van der Waals surface area contributed by atoms with Gasteiger partial charge < -0.3 is 39.2 Å². The summed E-state index contributed by atoms with van der Waals surface area (Å²) in [5, 5.41) is 33.7. The zero-order valence-corrected chi connectivity index (χ0v) is 37.1. The number of fused-ring (bicyclic) bond motifs is 3. The number of cyclic esters (lactones) is 1. The number of nitrogens with zero attached hydrogens (tertiary/aromatic N) is 1. The Kier molecular flexibility index (Phi) is 18.8. The van der Waals surface area contributed by atoms with Crippen LogP contribution in [0, 0.1) is 29.6 Å². The van der Waals surface area contributed by atoms with Gasteiger partial charge in [0.05, 0.1) is 30.5 Å². The number of allylic oxidation sites excluding steroid dienone is 5. The summed E-state index contributed by atoms with van der Waals surface area (Å²) in [7, 11) is 3.23. The molecule has 0 aromatic rings. The molecule has 11 nitrogen and oxygen atoms in total. The Bertz CT molecular complexity index is 1550. The first-order valence-corrected chi connectivity index (χ1v) is 22.2. The molecule has 1 saturated carbocycles. The number of hydrogen-bond donors (Lipinski definition) is 3. The molecule has 0 radical (unpaired) electrons. The predicted octanol–water partition coefficient (Wildman–Crippen LogP) is 7.34. The van der Waals surface area contributed by atoms with Crippen molar-refractivity contribution in [3.8, 4) is 0 Å². The van der Waals surface area contributed by atoms with Crippen LogP contribution in [0.15, 0.2) is 59.8 Å². The highest BCUT2D eigenvalue weighted by molar-refractivity contribution is 6.39. The lowest BCUT2D eigenvalue weighted by Crippen LogP contribution is -2.61. The van der Waals surface area contributed by atoms with Crippen LogP contribution >= 0.6 is 0 Å². The van der Waals surface area contributed by atoms with Crippen LogP contribution in [0.3, 0.4) is 0 Å². The lowest BCUT2D eigenvalue weighted by molar-refractivity contribution is -0.265. The van der Waals surface area contributed by atoms with Gasteiger partial charge in [-0.3, -0.25) is 9.59 Å². The lowest BCUT2D eigenvalue weighted by Gasteiger charge is -2.42. The zero-order chi connectivity index (χ0) is 43.4. The number of ether oxygens (including phenoxy) is 4. The van der Waals surface area contributed by atoms with Gasteiger partial charge >= 0.3 is 5.97 Å². The molecule has 332 valence electrons. The topological polar surface area (TPSA) is 152 Å². The van der Waals surface area contributed by atoms with Crippen molar-refractivity contribution in [3.05, 3.63) is 59.8 Å². The molecule has 3 heterocycles. The minimum Gasteiger partial charge on any atom is -0.460 e. The molecule has 11 heteroatoms. The quantitative estimate of drug-likeness (QED) is 0.146. The Hall–Kier alpha value is -2.93. The summed E-state index contributed by atoms with van der Waals surface area (Å²) >= 11 is 0. The number of aliphatic hydroxyl groups excluding tert-OH is 2. The minimum atomic E-state index is -2.36. The van der Waals surface area contributed by atoms with Crippen molar-refractivity contribution in [1.29, 1.82) is 0 Å². The summed E-state index contributed by atoms with van der Waals surface area (Å²) < 4.78 is 23.9. The van der Waals surface area contributed by atoms with Crippen LogP contribution in [0.4, 0.5) is 0 Å². The van der Waals surface area contributed by atoms with E-state index in [2.05, 4.69) is 26.5 Å². The average Bonchev–Trinajstić information content (AvgIpc) is 3.21. The van der Waals surface area contributed by atoms with Crippen molar-refractivity contribution < 1.29 is 48.7 Å². The van der Waals surface area contributed by atoms with Crippen molar-refractivity contribution in [2.45, 2.75) is 173 Å². The van der Waals surface area contributed by atoms with E-state index >= 15 is 0 Å². The lowest BCUT2D eigenvalue weighted by atomic mass is 9.79. The number of piperidine rings is 1. The Morgan fingerprint density at radius 3 is 2.39 bits per heavy atom. The summed E-state index contributed by atoms with van der Waals surface area (Å²) in [6.45, 7) is 16.4. The van der Waals surface area contributed by atoms with Gasteiger partial charge in [-0.25, -0.2) is 4.79 Å². The molecule has 2 bridgehead atoms. The molecular weight excluding hydrogens is 751 g/mol. The van der Waals surface area contributed by atoms with Gasteiger partial charge in [-0.1, -0.05) is 76.3 Å². The van der Waals surface area contributed by atoms with Crippen LogP contribution in [-0.2, 0) is 33.3 Å². The second-order valence-electron chi connectivity index (χ2n) is 18.3. The molecule has 1 unspecified atom stereocenters. The van der Waals surface area contributed by atoms with E-state index in [0.29, 0.717) is 64.2 Å². The Morgan fingerprint density at radius 1 is 0.932 bits per heavy atom. The van der Waals surface area contributed by atoms with Crippen LogP contribution in [-0.4, -0.2) is 107 Å².